The van der Waals surface area contributed by atoms with E-state index < -0.39 is 0 Å². The fourth-order valence-corrected chi connectivity index (χ4v) is 3.47. The third-order valence-corrected chi connectivity index (χ3v) is 4.67. The summed E-state index contributed by atoms with van der Waals surface area (Å²) in [6, 6.07) is 2.01. The van der Waals surface area contributed by atoms with Crippen molar-refractivity contribution in [3.63, 3.8) is 0 Å². The van der Waals surface area contributed by atoms with Crippen LogP contribution in [0.2, 0.25) is 0 Å². The summed E-state index contributed by atoms with van der Waals surface area (Å²) in [6.45, 7) is 8.47. The predicted octanol–water partition coefficient (Wildman–Crippen LogP) is 1.67. The molecule has 3 heterocycles. The summed E-state index contributed by atoms with van der Waals surface area (Å²) >= 11 is 1.51. The van der Waals surface area contributed by atoms with Gasteiger partial charge in [0.2, 0.25) is 0 Å². The van der Waals surface area contributed by atoms with Crippen molar-refractivity contribution in [2.45, 2.75) is 39.5 Å². The van der Waals surface area contributed by atoms with E-state index in [9.17, 15) is 4.79 Å². The van der Waals surface area contributed by atoms with Crippen LogP contribution in [0.5, 0.6) is 0 Å². The molecule has 1 fully saturated rings. The standard InChI is InChI=1S/C14H19N3O2S/c1-9-7-19-11(3)5-16(9)6-12-4-13(18)17-10(2)8-20-14(17)15-12/h4,8-9,11H,5-7H2,1-3H3/t9-,11+/m0/s1. The van der Waals surface area contributed by atoms with Crippen molar-refractivity contribution in [1.82, 2.24) is 14.3 Å². The van der Waals surface area contributed by atoms with Crippen molar-refractivity contribution in [3.05, 3.63) is 33.2 Å². The van der Waals surface area contributed by atoms with E-state index in [1.54, 1.807) is 10.5 Å². The van der Waals surface area contributed by atoms with E-state index in [0.29, 0.717) is 12.6 Å². The summed E-state index contributed by atoms with van der Waals surface area (Å²) in [5, 5.41) is 1.97. The van der Waals surface area contributed by atoms with E-state index >= 15 is 0 Å². The van der Waals surface area contributed by atoms with Crippen LogP contribution in [0.3, 0.4) is 0 Å². The minimum atomic E-state index is 0.0118. The fourth-order valence-electron chi connectivity index (χ4n) is 2.58. The molecule has 0 spiro atoms. The van der Waals surface area contributed by atoms with Crippen LogP contribution in [0, 0.1) is 6.92 Å². The van der Waals surface area contributed by atoms with E-state index in [1.165, 1.54) is 11.3 Å². The van der Waals surface area contributed by atoms with Crippen molar-refractivity contribution >= 4 is 16.3 Å². The molecule has 0 bridgehead atoms. The Morgan fingerprint density at radius 2 is 2.30 bits per heavy atom. The molecule has 0 radical (unpaired) electrons. The van der Waals surface area contributed by atoms with Crippen molar-refractivity contribution in [2.75, 3.05) is 13.2 Å². The van der Waals surface area contributed by atoms with Gasteiger partial charge in [-0.25, -0.2) is 4.98 Å². The Labute approximate surface area is 121 Å². The van der Waals surface area contributed by atoms with Gasteiger partial charge in [0.15, 0.2) is 4.96 Å². The average molecular weight is 293 g/mol. The highest BCUT2D eigenvalue weighted by Crippen LogP contribution is 2.16. The molecule has 0 N–H and O–H groups in total. The van der Waals surface area contributed by atoms with Gasteiger partial charge in [0, 0.05) is 36.3 Å². The SMILES string of the molecule is Cc1csc2nc(CN3C[C@@H](C)OC[C@@H]3C)cc(=O)n12. The topological polar surface area (TPSA) is 46.8 Å². The lowest BCUT2D eigenvalue weighted by Gasteiger charge is -2.36. The molecule has 2 atom stereocenters. The Balaban J connectivity index is 1.89. The predicted molar refractivity (Wildman–Crippen MR) is 79.4 cm³/mol. The second-order valence-corrected chi connectivity index (χ2v) is 6.34. The Hall–Kier alpha value is -1.24. The third-order valence-electron chi connectivity index (χ3n) is 3.73. The number of hydrogen-bond donors (Lipinski definition) is 0. The van der Waals surface area contributed by atoms with E-state index in [0.717, 1.165) is 29.5 Å². The van der Waals surface area contributed by atoms with Gasteiger partial charge in [0.05, 0.1) is 18.4 Å². The van der Waals surface area contributed by atoms with E-state index in [1.807, 2.05) is 12.3 Å². The highest BCUT2D eigenvalue weighted by atomic mass is 32.1. The van der Waals surface area contributed by atoms with Crippen molar-refractivity contribution in [3.8, 4) is 0 Å². The van der Waals surface area contributed by atoms with Crippen LogP contribution in [0.15, 0.2) is 16.2 Å². The summed E-state index contributed by atoms with van der Waals surface area (Å²) < 4.78 is 7.30. The lowest BCUT2D eigenvalue weighted by Crippen LogP contribution is -2.46. The number of rotatable bonds is 2. The number of nitrogens with zero attached hydrogens (tertiary/aromatic N) is 3. The number of aryl methyl sites for hydroxylation is 1. The molecule has 1 saturated heterocycles. The normalized spacial score (nSPS) is 24.4. The molecule has 2 aromatic rings. The monoisotopic (exact) mass is 293 g/mol. The van der Waals surface area contributed by atoms with Crippen LogP contribution >= 0.6 is 11.3 Å². The van der Waals surface area contributed by atoms with Gasteiger partial charge in [-0.3, -0.25) is 14.1 Å². The Morgan fingerprint density at radius 1 is 1.50 bits per heavy atom. The van der Waals surface area contributed by atoms with Gasteiger partial charge in [-0.15, -0.1) is 11.3 Å². The maximum absolute atomic E-state index is 12.2. The summed E-state index contributed by atoms with van der Waals surface area (Å²) in [4.78, 5) is 19.9. The zero-order chi connectivity index (χ0) is 14.3. The molecular weight excluding hydrogens is 274 g/mol. The first-order valence-electron chi connectivity index (χ1n) is 6.87. The minimum Gasteiger partial charge on any atom is -0.376 e. The molecule has 0 aromatic carbocycles. The largest absolute Gasteiger partial charge is 0.376 e. The van der Waals surface area contributed by atoms with Crippen LogP contribution in [0.25, 0.3) is 4.96 Å². The maximum atomic E-state index is 12.2. The highest BCUT2D eigenvalue weighted by molar-refractivity contribution is 7.15. The molecule has 6 heteroatoms. The van der Waals surface area contributed by atoms with Gasteiger partial charge in [-0.1, -0.05) is 0 Å². The lowest BCUT2D eigenvalue weighted by molar-refractivity contribution is -0.0530. The molecule has 0 amide bonds. The Kier molecular flexibility index (Phi) is 3.62. The van der Waals surface area contributed by atoms with Gasteiger partial charge in [-0.2, -0.15) is 0 Å². The van der Waals surface area contributed by atoms with Crippen LogP contribution in [-0.2, 0) is 11.3 Å². The zero-order valence-electron chi connectivity index (χ0n) is 12.0. The summed E-state index contributed by atoms with van der Waals surface area (Å²) in [5.74, 6) is 0. The first-order chi connectivity index (χ1) is 9.54. The van der Waals surface area contributed by atoms with Gasteiger partial charge >= 0.3 is 0 Å². The van der Waals surface area contributed by atoms with E-state index in [-0.39, 0.29) is 11.7 Å². The summed E-state index contributed by atoms with van der Waals surface area (Å²) in [6.07, 6.45) is 0.236. The van der Waals surface area contributed by atoms with E-state index in [2.05, 4.69) is 23.7 Å². The molecule has 0 unspecified atom stereocenters. The number of morpholine rings is 1. The van der Waals surface area contributed by atoms with Gasteiger partial charge in [0.25, 0.3) is 5.56 Å². The maximum Gasteiger partial charge on any atom is 0.259 e. The molecule has 0 saturated carbocycles. The van der Waals surface area contributed by atoms with Gasteiger partial charge in [0.1, 0.15) is 0 Å². The first kappa shape index (κ1) is 13.7. The molecule has 1 aliphatic heterocycles. The van der Waals surface area contributed by atoms with Crippen LogP contribution in [0.1, 0.15) is 25.2 Å². The van der Waals surface area contributed by atoms with Crippen LogP contribution in [-0.4, -0.2) is 39.6 Å². The first-order valence-corrected chi connectivity index (χ1v) is 7.75. The highest BCUT2D eigenvalue weighted by Gasteiger charge is 2.24. The Morgan fingerprint density at radius 3 is 3.10 bits per heavy atom. The van der Waals surface area contributed by atoms with Crippen LogP contribution in [0.4, 0.5) is 0 Å². The quantitative estimate of drug-likeness (QED) is 0.845. The van der Waals surface area contributed by atoms with Crippen LogP contribution < -0.4 is 5.56 Å². The second-order valence-electron chi connectivity index (χ2n) is 5.50. The van der Waals surface area contributed by atoms with E-state index in [4.69, 9.17) is 4.74 Å². The molecule has 2 aromatic heterocycles. The fraction of sp³-hybridized carbons (Fsp3) is 0.571. The zero-order valence-corrected chi connectivity index (χ0v) is 12.8. The number of fused-ring (bicyclic) bond motifs is 1. The van der Waals surface area contributed by atoms with Gasteiger partial charge < -0.3 is 4.74 Å². The third kappa shape index (κ3) is 2.51. The van der Waals surface area contributed by atoms with Crippen molar-refractivity contribution < 1.29 is 4.74 Å². The number of ether oxygens (including phenoxy) is 1. The molecule has 108 valence electrons. The second kappa shape index (κ2) is 5.27. The molecule has 20 heavy (non-hydrogen) atoms. The number of thiazole rings is 1. The van der Waals surface area contributed by atoms with Crippen molar-refractivity contribution in [2.24, 2.45) is 0 Å². The molecular formula is C14H19N3O2S. The lowest BCUT2D eigenvalue weighted by atomic mass is 10.2. The minimum absolute atomic E-state index is 0.0118. The number of aromatic nitrogens is 2. The molecule has 1 aliphatic rings. The molecule has 5 nitrogen and oxygen atoms in total. The summed E-state index contributed by atoms with van der Waals surface area (Å²) in [7, 11) is 0. The van der Waals surface area contributed by atoms with Gasteiger partial charge in [-0.05, 0) is 20.8 Å². The van der Waals surface area contributed by atoms with Crippen molar-refractivity contribution in [1.29, 1.82) is 0 Å². The smallest absolute Gasteiger partial charge is 0.259 e. The Bertz CT molecular complexity index is 679. The average Bonchev–Trinajstić information content (AvgIpc) is 2.76. The summed E-state index contributed by atoms with van der Waals surface area (Å²) in [5.41, 5.74) is 1.80. The molecule has 3 rings (SSSR count). The molecule has 0 aliphatic carbocycles. The number of hydrogen-bond acceptors (Lipinski definition) is 5.